The molecule has 31 heavy (non-hydrogen) atoms. The number of hydrogen-bond acceptors (Lipinski definition) is 3. The lowest BCUT2D eigenvalue weighted by Gasteiger charge is -2.26. The molecule has 1 N–H and O–H groups in total. The average molecular weight is 447 g/mol. The summed E-state index contributed by atoms with van der Waals surface area (Å²) in [5, 5.41) is 12.7. The Morgan fingerprint density at radius 1 is 1.03 bits per heavy atom. The van der Waals surface area contributed by atoms with Gasteiger partial charge in [-0.25, -0.2) is 0 Å². The van der Waals surface area contributed by atoms with E-state index in [0.717, 1.165) is 35.0 Å². The number of nitrogens with one attached hydrogen (secondary N) is 1. The van der Waals surface area contributed by atoms with Crippen LogP contribution in [0.3, 0.4) is 0 Å². The average Bonchev–Trinajstić information content (AvgIpc) is 2.66. The fourth-order valence-electron chi connectivity index (χ4n) is 3.21. The molecule has 2 aromatic rings. The third-order valence-electron chi connectivity index (χ3n) is 4.78. The van der Waals surface area contributed by atoms with Crippen molar-refractivity contribution in [1.29, 1.82) is 5.26 Å². The van der Waals surface area contributed by atoms with Gasteiger partial charge in [-0.05, 0) is 49.4 Å². The molecule has 1 amide bonds. The van der Waals surface area contributed by atoms with Gasteiger partial charge in [-0.2, -0.15) is 18.4 Å². The van der Waals surface area contributed by atoms with E-state index in [-0.39, 0.29) is 10.5 Å². The smallest absolute Gasteiger partial charge is 0.324 e. The Kier molecular flexibility index (Phi) is 7.28. The molecule has 0 aromatic heterocycles. The Labute approximate surface area is 185 Å². The van der Waals surface area contributed by atoms with Gasteiger partial charge in [0.25, 0.3) is 5.91 Å². The van der Waals surface area contributed by atoms with Gasteiger partial charge < -0.3 is 5.32 Å². The molecule has 164 valence electrons. The van der Waals surface area contributed by atoms with Crippen molar-refractivity contribution >= 4 is 23.2 Å². The first-order valence-corrected chi connectivity index (χ1v) is 10.8. The highest BCUT2D eigenvalue weighted by molar-refractivity contribution is 7.98. The summed E-state index contributed by atoms with van der Waals surface area (Å²) in [6, 6.07) is 10.9. The summed E-state index contributed by atoms with van der Waals surface area (Å²) < 4.78 is 39.2. The monoisotopic (exact) mass is 446 g/mol. The summed E-state index contributed by atoms with van der Waals surface area (Å²) in [5.74, 6) is -0.555. The van der Waals surface area contributed by atoms with Crippen molar-refractivity contribution in [1.82, 2.24) is 5.32 Å². The lowest BCUT2D eigenvalue weighted by Crippen LogP contribution is -2.31. The normalized spacial score (nSPS) is 12.8. The van der Waals surface area contributed by atoms with E-state index in [0.29, 0.717) is 16.8 Å². The molecule has 2 aromatic carbocycles. The standard InChI is InChI=1S/C24H25F3N2OS/c1-14-7-9-17(15(2)11-14)19(13-28)21(23(3,4)5)29-22(30)18-10-8-16(24(25,26)27)12-20(18)31-6/h7-12H,1-6H3,(H,29,30)/b21-19-. The summed E-state index contributed by atoms with van der Waals surface area (Å²) in [6.07, 6.45) is -2.88. The summed E-state index contributed by atoms with van der Waals surface area (Å²) in [7, 11) is 0. The van der Waals surface area contributed by atoms with Gasteiger partial charge in [-0.15, -0.1) is 11.8 Å². The molecule has 0 atom stereocenters. The Morgan fingerprint density at radius 2 is 1.65 bits per heavy atom. The molecule has 0 spiro atoms. The molecule has 0 bridgehead atoms. The molecule has 2 rings (SSSR count). The minimum absolute atomic E-state index is 0.125. The van der Waals surface area contributed by atoms with Gasteiger partial charge in [-0.1, -0.05) is 44.5 Å². The van der Waals surface area contributed by atoms with Crippen LogP contribution in [0.5, 0.6) is 0 Å². The van der Waals surface area contributed by atoms with Crippen LogP contribution in [0.2, 0.25) is 0 Å². The van der Waals surface area contributed by atoms with Crippen LogP contribution in [-0.4, -0.2) is 12.2 Å². The number of thioether (sulfide) groups is 1. The van der Waals surface area contributed by atoms with Crippen LogP contribution in [0, 0.1) is 30.6 Å². The first-order valence-electron chi connectivity index (χ1n) is 9.58. The maximum absolute atomic E-state index is 13.1. The van der Waals surface area contributed by atoms with E-state index in [2.05, 4.69) is 11.4 Å². The lowest BCUT2D eigenvalue weighted by molar-refractivity contribution is -0.137. The zero-order valence-corrected chi connectivity index (χ0v) is 19.2. The van der Waals surface area contributed by atoms with Crippen molar-refractivity contribution in [3.63, 3.8) is 0 Å². The Balaban J connectivity index is 2.59. The number of alkyl halides is 3. The minimum atomic E-state index is -4.49. The van der Waals surface area contributed by atoms with Crippen LogP contribution in [-0.2, 0) is 6.18 Å². The minimum Gasteiger partial charge on any atom is -0.324 e. The summed E-state index contributed by atoms with van der Waals surface area (Å²) in [4.78, 5) is 13.3. The largest absolute Gasteiger partial charge is 0.416 e. The molecular formula is C24H25F3N2OS. The molecule has 0 radical (unpaired) electrons. The molecule has 0 saturated carbocycles. The molecule has 0 aliphatic carbocycles. The second-order valence-corrected chi connectivity index (χ2v) is 9.15. The van der Waals surface area contributed by atoms with Crippen LogP contribution in [0.1, 0.15) is 53.4 Å². The third kappa shape index (κ3) is 5.71. The third-order valence-corrected chi connectivity index (χ3v) is 5.55. The molecule has 0 unspecified atom stereocenters. The topological polar surface area (TPSA) is 52.9 Å². The predicted octanol–water partition coefficient (Wildman–Crippen LogP) is 6.75. The number of aryl methyl sites for hydroxylation is 2. The highest BCUT2D eigenvalue weighted by Crippen LogP contribution is 2.35. The van der Waals surface area contributed by atoms with E-state index in [1.54, 1.807) is 6.26 Å². The molecule has 7 heteroatoms. The molecule has 0 aliphatic rings. The fraction of sp³-hybridized carbons (Fsp3) is 0.333. The number of carbonyl (C=O) groups excluding carboxylic acids is 1. The van der Waals surface area contributed by atoms with Gasteiger partial charge in [-0.3, -0.25) is 4.79 Å². The number of nitriles is 1. The van der Waals surface area contributed by atoms with E-state index in [1.165, 1.54) is 6.07 Å². The molecule has 0 aliphatic heterocycles. The molecule has 3 nitrogen and oxygen atoms in total. The fourth-order valence-corrected chi connectivity index (χ4v) is 3.83. The number of amides is 1. The Hall–Kier alpha value is -2.72. The lowest BCUT2D eigenvalue weighted by atomic mass is 9.85. The van der Waals surface area contributed by atoms with Crippen molar-refractivity contribution < 1.29 is 18.0 Å². The Bertz CT molecular complexity index is 1070. The highest BCUT2D eigenvalue weighted by Gasteiger charge is 2.32. The van der Waals surface area contributed by atoms with Crippen molar-refractivity contribution in [2.75, 3.05) is 6.26 Å². The van der Waals surface area contributed by atoms with Crippen LogP contribution in [0.4, 0.5) is 13.2 Å². The van der Waals surface area contributed by atoms with Crippen LogP contribution < -0.4 is 5.32 Å². The highest BCUT2D eigenvalue weighted by atomic mass is 32.2. The SMILES string of the molecule is CSc1cc(C(F)(F)F)ccc1C(=O)N/C(=C(/C#N)c1ccc(C)cc1C)C(C)(C)C. The summed E-state index contributed by atoms with van der Waals surface area (Å²) in [5.41, 5.74) is 2.11. The van der Waals surface area contributed by atoms with E-state index in [9.17, 15) is 23.2 Å². The maximum atomic E-state index is 13.1. The van der Waals surface area contributed by atoms with E-state index in [4.69, 9.17) is 0 Å². The number of carbonyl (C=O) groups is 1. The molecule has 0 heterocycles. The number of benzene rings is 2. The molecule has 0 saturated heterocycles. The van der Waals surface area contributed by atoms with Gasteiger partial charge in [0, 0.05) is 16.0 Å². The number of allylic oxidation sites excluding steroid dienone is 2. The predicted molar refractivity (Wildman–Crippen MR) is 119 cm³/mol. The van der Waals surface area contributed by atoms with Crippen molar-refractivity contribution in [2.24, 2.45) is 5.41 Å². The molecular weight excluding hydrogens is 421 g/mol. The van der Waals surface area contributed by atoms with E-state index >= 15 is 0 Å². The first kappa shape index (κ1) is 24.5. The zero-order chi connectivity index (χ0) is 23.6. The van der Waals surface area contributed by atoms with Gasteiger partial charge >= 0.3 is 6.18 Å². The van der Waals surface area contributed by atoms with Gasteiger partial charge in [0.1, 0.15) is 6.07 Å². The zero-order valence-electron chi connectivity index (χ0n) is 18.4. The van der Waals surface area contributed by atoms with Crippen LogP contribution in [0.15, 0.2) is 47.0 Å². The first-order chi connectivity index (χ1) is 14.3. The second-order valence-electron chi connectivity index (χ2n) is 8.30. The summed E-state index contributed by atoms with van der Waals surface area (Å²) in [6.45, 7) is 9.44. The van der Waals surface area contributed by atoms with Crippen LogP contribution in [0.25, 0.3) is 5.57 Å². The van der Waals surface area contributed by atoms with E-state index < -0.39 is 23.1 Å². The second kappa shape index (κ2) is 9.19. The van der Waals surface area contributed by atoms with Crippen molar-refractivity contribution in [2.45, 2.75) is 45.7 Å². The van der Waals surface area contributed by atoms with Crippen molar-refractivity contribution in [3.8, 4) is 6.07 Å². The van der Waals surface area contributed by atoms with Gasteiger partial charge in [0.15, 0.2) is 0 Å². The number of halogens is 3. The Morgan fingerprint density at radius 3 is 2.13 bits per heavy atom. The van der Waals surface area contributed by atoms with E-state index in [1.807, 2.05) is 52.8 Å². The number of hydrogen-bond donors (Lipinski definition) is 1. The van der Waals surface area contributed by atoms with Gasteiger partial charge in [0.2, 0.25) is 0 Å². The number of nitrogens with zero attached hydrogens (tertiary/aromatic N) is 1. The number of rotatable bonds is 4. The van der Waals surface area contributed by atoms with Crippen molar-refractivity contribution in [3.05, 3.63) is 69.9 Å². The van der Waals surface area contributed by atoms with Crippen LogP contribution >= 0.6 is 11.8 Å². The van der Waals surface area contributed by atoms with Gasteiger partial charge in [0.05, 0.1) is 16.7 Å². The maximum Gasteiger partial charge on any atom is 0.416 e. The quantitative estimate of drug-likeness (QED) is 0.417. The summed E-state index contributed by atoms with van der Waals surface area (Å²) >= 11 is 1.06. The molecule has 0 fully saturated rings.